The van der Waals surface area contributed by atoms with E-state index in [0.29, 0.717) is 23.0 Å². The molecule has 0 radical (unpaired) electrons. The largest absolute Gasteiger partial charge is 0.485 e. The molecule has 2 rings (SSSR count). The highest BCUT2D eigenvalue weighted by molar-refractivity contribution is 7.92. The van der Waals surface area contributed by atoms with Crippen LogP contribution in [0.2, 0.25) is 5.02 Å². The minimum atomic E-state index is -3.29. The summed E-state index contributed by atoms with van der Waals surface area (Å²) in [6.07, 6.45) is -0.205. The summed E-state index contributed by atoms with van der Waals surface area (Å²) in [6.45, 7) is 3.77. The minimum Gasteiger partial charge on any atom is -0.485 e. The molecule has 0 spiro atoms. The lowest BCUT2D eigenvalue weighted by molar-refractivity contribution is 0.220. The van der Waals surface area contributed by atoms with Gasteiger partial charge < -0.3 is 4.74 Å². The average molecular weight is 276 g/mol. The number of sulfonamides is 1. The number of nitrogens with zero attached hydrogens (tertiary/aromatic N) is 1. The quantitative estimate of drug-likeness (QED) is 0.832. The van der Waals surface area contributed by atoms with E-state index in [1.165, 1.54) is 4.31 Å². The number of ether oxygens (including phenoxy) is 1. The van der Waals surface area contributed by atoms with Crippen LogP contribution in [-0.4, -0.2) is 26.8 Å². The first-order valence-electron chi connectivity index (χ1n) is 5.41. The molecule has 0 fully saturated rings. The fourth-order valence-corrected chi connectivity index (χ4v) is 3.21. The van der Waals surface area contributed by atoms with Crippen molar-refractivity contribution in [1.82, 2.24) is 0 Å². The second kappa shape index (κ2) is 4.38. The van der Waals surface area contributed by atoms with E-state index in [1.54, 1.807) is 25.1 Å². The van der Waals surface area contributed by atoms with Gasteiger partial charge in [-0.2, -0.15) is 0 Å². The Morgan fingerprint density at radius 3 is 2.88 bits per heavy atom. The van der Waals surface area contributed by atoms with Gasteiger partial charge in [0.2, 0.25) is 10.0 Å². The standard InChI is InChI=1S/C11H14ClNO3S/c1-3-17(14,15)13-7-8(2)16-11-9(12)5-4-6-10(11)13/h4-6,8H,3,7H2,1-2H3. The van der Waals surface area contributed by atoms with Crippen molar-refractivity contribution in [3.05, 3.63) is 23.2 Å². The van der Waals surface area contributed by atoms with Gasteiger partial charge in [-0.1, -0.05) is 17.7 Å². The Morgan fingerprint density at radius 2 is 2.24 bits per heavy atom. The van der Waals surface area contributed by atoms with E-state index < -0.39 is 10.0 Å². The van der Waals surface area contributed by atoms with Crippen molar-refractivity contribution in [3.8, 4) is 5.75 Å². The molecule has 1 aliphatic heterocycles. The zero-order valence-corrected chi connectivity index (χ0v) is 11.3. The maximum absolute atomic E-state index is 12.0. The van der Waals surface area contributed by atoms with Crippen molar-refractivity contribution in [2.75, 3.05) is 16.6 Å². The average Bonchev–Trinajstić information content (AvgIpc) is 2.29. The summed E-state index contributed by atoms with van der Waals surface area (Å²) in [5.74, 6) is 0.510. The first-order valence-corrected chi connectivity index (χ1v) is 7.40. The van der Waals surface area contributed by atoms with Crippen LogP contribution in [-0.2, 0) is 10.0 Å². The first kappa shape index (κ1) is 12.5. The summed E-state index contributed by atoms with van der Waals surface area (Å²) in [7, 11) is -3.29. The molecule has 0 N–H and O–H groups in total. The van der Waals surface area contributed by atoms with Crippen LogP contribution in [0, 0.1) is 0 Å². The third-order valence-electron chi connectivity index (χ3n) is 2.66. The Hall–Kier alpha value is -0.940. The lowest BCUT2D eigenvalue weighted by Gasteiger charge is -2.34. The van der Waals surface area contributed by atoms with E-state index in [4.69, 9.17) is 16.3 Å². The third kappa shape index (κ3) is 2.21. The van der Waals surface area contributed by atoms with Gasteiger partial charge in [-0.05, 0) is 26.0 Å². The highest BCUT2D eigenvalue weighted by Gasteiger charge is 2.31. The monoisotopic (exact) mass is 275 g/mol. The molecule has 1 aliphatic rings. The second-order valence-corrected chi connectivity index (χ2v) is 6.54. The second-order valence-electron chi connectivity index (χ2n) is 3.95. The number of hydrogen-bond donors (Lipinski definition) is 0. The zero-order chi connectivity index (χ0) is 12.6. The first-order chi connectivity index (χ1) is 7.95. The molecule has 0 aromatic heterocycles. The summed E-state index contributed by atoms with van der Waals surface area (Å²) < 4.78 is 31.0. The number of hydrogen-bond acceptors (Lipinski definition) is 3. The van der Waals surface area contributed by atoms with Crippen molar-refractivity contribution < 1.29 is 13.2 Å². The summed E-state index contributed by atoms with van der Waals surface area (Å²) in [5, 5.41) is 0.436. The normalized spacial score (nSPS) is 19.7. The molecule has 0 bridgehead atoms. The van der Waals surface area contributed by atoms with E-state index >= 15 is 0 Å². The van der Waals surface area contributed by atoms with Crippen LogP contribution in [0.4, 0.5) is 5.69 Å². The highest BCUT2D eigenvalue weighted by atomic mass is 35.5. The number of para-hydroxylation sites is 1. The van der Waals surface area contributed by atoms with Gasteiger partial charge in [0.15, 0.2) is 5.75 Å². The van der Waals surface area contributed by atoms with E-state index in [9.17, 15) is 8.42 Å². The molecule has 94 valence electrons. The predicted molar refractivity (Wildman–Crippen MR) is 68.3 cm³/mol. The number of benzene rings is 1. The van der Waals surface area contributed by atoms with Crippen molar-refractivity contribution in [2.24, 2.45) is 0 Å². The molecule has 1 atom stereocenters. The number of fused-ring (bicyclic) bond motifs is 1. The molecule has 17 heavy (non-hydrogen) atoms. The fraction of sp³-hybridized carbons (Fsp3) is 0.455. The van der Waals surface area contributed by atoms with Gasteiger partial charge in [-0.15, -0.1) is 0 Å². The molecule has 1 unspecified atom stereocenters. The smallest absolute Gasteiger partial charge is 0.235 e. The lowest BCUT2D eigenvalue weighted by atomic mass is 10.2. The Labute approximate surface area is 106 Å². The Bertz CT molecular complexity index is 530. The molecule has 0 saturated carbocycles. The van der Waals surface area contributed by atoms with Crippen LogP contribution in [0.3, 0.4) is 0 Å². The molecule has 0 aliphatic carbocycles. The third-order valence-corrected chi connectivity index (χ3v) is 4.70. The van der Waals surface area contributed by atoms with Crippen LogP contribution in [0.25, 0.3) is 0 Å². The van der Waals surface area contributed by atoms with Gasteiger partial charge in [0.05, 0.1) is 23.0 Å². The van der Waals surface area contributed by atoms with Gasteiger partial charge in [0.1, 0.15) is 6.10 Å². The summed E-state index contributed by atoms with van der Waals surface area (Å²) >= 11 is 6.02. The van der Waals surface area contributed by atoms with Gasteiger partial charge in [0.25, 0.3) is 0 Å². The van der Waals surface area contributed by atoms with Crippen LogP contribution in [0.1, 0.15) is 13.8 Å². The van der Waals surface area contributed by atoms with Gasteiger partial charge in [-0.25, -0.2) is 8.42 Å². The Kier molecular flexibility index (Phi) is 3.23. The van der Waals surface area contributed by atoms with Crippen LogP contribution in [0.5, 0.6) is 5.75 Å². The Morgan fingerprint density at radius 1 is 1.53 bits per heavy atom. The van der Waals surface area contributed by atoms with E-state index in [-0.39, 0.29) is 11.9 Å². The number of rotatable bonds is 2. The van der Waals surface area contributed by atoms with E-state index in [2.05, 4.69) is 0 Å². The van der Waals surface area contributed by atoms with Crippen LogP contribution in [0.15, 0.2) is 18.2 Å². The van der Waals surface area contributed by atoms with Crippen molar-refractivity contribution in [1.29, 1.82) is 0 Å². The molecule has 0 saturated heterocycles. The van der Waals surface area contributed by atoms with Gasteiger partial charge >= 0.3 is 0 Å². The molecular weight excluding hydrogens is 262 g/mol. The molecular formula is C11H14ClNO3S. The molecule has 0 amide bonds. The SMILES string of the molecule is CCS(=O)(=O)N1CC(C)Oc2c(Cl)cccc21. The maximum atomic E-state index is 12.0. The van der Waals surface area contributed by atoms with E-state index in [1.807, 2.05) is 6.92 Å². The van der Waals surface area contributed by atoms with Crippen molar-refractivity contribution in [2.45, 2.75) is 20.0 Å². The van der Waals surface area contributed by atoms with Crippen molar-refractivity contribution in [3.63, 3.8) is 0 Å². The van der Waals surface area contributed by atoms with E-state index in [0.717, 1.165) is 0 Å². The topological polar surface area (TPSA) is 46.6 Å². The van der Waals surface area contributed by atoms with Crippen molar-refractivity contribution >= 4 is 27.3 Å². The van der Waals surface area contributed by atoms with Crippen LogP contribution >= 0.6 is 11.6 Å². The summed E-state index contributed by atoms with van der Waals surface area (Å²) in [4.78, 5) is 0. The summed E-state index contributed by atoms with van der Waals surface area (Å²) in [5.41, 5.74) is 0.525. The maximum Gasteiger partial charge on any atom is 0.235 e. The number of anilines is 1. The highest BCUT2D eigenvalue weighted by Crippen LogP contribution is 2.40. The Balaban J connectivity index is 2.56. The lowest BCUT2D eigenvalue weighted by Crippen LogP contribution is -2.43. The van der Waals surface area contributed by atoms with Gasteiger partial charge in [-0.3, -0.25) is 4.31 Å². The zero-order valence-electron chi connectivity index (χ0n) is 9.68. The van der Waals surface area contributed by atoms with Gasteiger partial charge in [0, 0.05) is 0 Å². The fourth-order valence-electron chi connectivity index (χ4n) is 1.80. The molecule has 4 nitrogen and oxygen atoms in total. The predicted octanol–water partition coefficient (Wildman–Crippen LogP) is 2.28. The molecule has 1 heterocycles. The summed E-state index contributed by atoms with van der Waals surface area (Å²) in [6, 6.07) is 5.12. The molecule has 6 heteroatoms. The number of halogens is 1. The minimum absolute atomic E-state index is 0.0612. The molecule has 1 aromatic carbocycles. The van der Waals surface area contributed by atoms with Crippen LogP contribution < -0.4 is 9.04 Å². The molecule has 1 aromatic rings.